The van der Waals surface area contributed by atoms with Gasteiger partial charge in [0.15, 0.2) is 34.3 Å². The maximum absolute atomic E-state index is 12.3. The van der Waals surface area contributed by atoms with E-state index in [9.17, 15) is 29.1 Å². The molecule has 0 amide bonds. The lowest BCUT2D eigenvalue weighted by Crippen LogP contribution is -2.11. The molecule has 0 bridgehead atoms. The molecule has 0 fully saturated rings. The van der Waals surface area contributed by atoms with Crippen LogP contribution in [0.2, 0.25) is 0 Å². The lowest BCUT2D eigenvalue weighted by atomic mass is 9.99. The maximum atomic E-state index is 12.3. The fourth-order valence-corrected chi connectivity index (χ4v) is 4.02. The second-order valence-electron chi connectivity index (χ2n) is 8.48. The number of hydrogen-bond donors (Lipinski definition) is 1. The zero-order chi connectivity index (χ0) is 29.3. The quantitative estimate of drug-likeness (QED) is 0.263. The first kappa shape index (κ1) is 27.6. The van der Waals surface area contributed by atoms with Crippen LogP contribution < -0.4 is 23.7 Å². The third-order valence-corrected chi connectivity index (χ3v) is 5.25. The Labute approximate surface area is 225 Å². The summed E-state index contributed by atoms with van der Waals surface area (Å²) in [6.45, 7) is 5.66. The number of phenolic OH excluding ortho intramolecular Hbond substituents is 1. The molecular weight excluding hydrogens is 528 g/mol. The van der Waals surface area contributed by atoms with Gasteiger partial charge in [-0.1, -0.05) is 12.1 Å². The molecule has 0 atom stereocenters. The molecule has 0 aliphatic rings. The van der Waals surface area contributed by atoms with E-state index in [1.807, 2.05) is 0 Å². The second-order valence-corrected chi connectivity index (χ2v) is 8.48. The van der Waals surface area contributed by atoms with Crippen LogP contribution in [0.15, 0.2) is 40.8 Å². The Balaban J connectivity index is 2.26. The summed E-state index contributed by atoms with van der Waals surface area (Å²) in [6.07, 6.45) is 0. The second kappa shape index (κ2) is 10.8. The third kappa shape index (κ3) is 5.55. The van der Waals surface area contributed by atoms with Crippen molar-refractivity contribution in [1.29, 1.82) is 0 Å². The largest absolute Gasteiger partial charge is 0.508 e. The first-order valence-corrected chi connectivity index (χ1v) is 11.7. The van der Waals surface area contributed by atoms with Gasteiger partial charge in [-0.15, -0.1) is 0 Å². The van der Waals surface area contributed by atoms with Crippen LogP contribution in [0.5, 0.6) is 34.5 Å². The molecule has 4 aromatic rings. The molecule has 0 saturated carbocycles. The van der Waals surface area contributed by atoms with E-state index < -0.39 is 29.8 Å². The Bertz CT molecular complexity index is 1710. The number of hydrogen-bond acceptors (Lipinski definition) is 12. The Morgan fingerprint density at radius 3 is 1.62 bits per heavy atom. The summed E-state index contributed by atoms with van der Waals surface area (Å²) in [7, 11) is 0. The van der Waals surface area contributed by atoms with Gasteiger partial charge in [0.25, 0.3) is 0 Å². The van der Waals surface area contributed by atoms with Crippen LogP contribution in [0.1, 0.15) is 34.6 Å². The van der Waals surface area contributed by atoms with Gasteiger partial charge in [0.1, 0.15) is 11.3 Å². The van der Waals surface area contributed by atoms with Crippen LogP contribution >= 0.6 is 0 Å². The lowest BCUT2D eigenvalue weighted by Gasteiger charge is -2.18. The van der Waals surface area contributed by atoms with Crippen molar-refractivity contribution in [2.75, 3.05) is 0 Å². The molecule has 1 heterocycles. The normalized spacial score (nSPS) is 10.7. The van der Waals surface area contributed by atoms with Crippen molar-refractivity contribution in [1.82, 2.24) is 0 Å². The minimum atomic E-state index is -0.799. The van der Waals surface area contributed by atoms with Crippen molar-refractivity contribution >= 4 is 51.8 Å². The van der Waals surface area contributed by atoms with E-state index >= 15 is 0 Å². The Morgan fingerprint density at radius 1 is 0.625 bits per heavy atom. The van der Waals surface area contributed by atoms with Crippen LogP contribution in [0.4, 0.5) is 0 Å². The van der Waals surface area contributed by atoms with Gasteiger partial charge in [0, 0.05) is 46.1 Å². The van der Waals surface area contributed by atoms with Crippen LogP contribution in [0.25, 0.3) is 33.1 Å². The van der Waals surface area contributed by atoms with Crippen LogP contribution in [0.3, 0.4) is 0 Å². The molecule has 0 aliphatic carbocycles. The van der Waals surface area contributed by atoms with Crippen molar-refractivity contribution in [2.45, 2.75) is 34.6 Å². The topological polar surface area (TPSA) is 165 Å². The van der Waals surface area contributed by atoms with Gasteiger partial charge in [-0.3, -0.25) is 24.0 Å². The first-order valence-electron chi connectivity index (χ1n) is 11.7. The average molecular weight is 550 g/mol. The van der Waals surface area contributed by atoms with Gasteiger partial charge >= 0.3 is 29.8 Å². The maximum Gasteiger partial charge on any atom is 0.308 e. The minimum absolute atomic E-state index is 0.00590. The smallest absolute Gasteiger partial charge is 0.308 e. The first-order chi connectivity index (χ1) is 18.8. The number of carbonyl (C=O) groups excluding carboxylic acids is 5. The predicted octanol–water partition coefficient (Wildman–Crippen LogP) is 4.59. The molecule has 0 radical (unpaired) electrons. The molecule has 40 heavy (non-hydrogen) atoms. The standard InChI is InChI=1S/C28H22O12/c1-12(29)35-21-10-19-20(11-22(21)36-13(2)30)40-28-24(19)27(39-16(5)33)25(37-14(3)31)23(26(28)38-15(4)32)17-6-8-18(34)9-7-17/h6-11,34H,1-5H3. The van der Waals surface area contributed by atoms with E-state index in [1.165, 1.54) is 36.4 Å². The van der Waals surface area contributed by atoms with Gasteiger partial charge in [-0.2, -0.15) is 0 Å². The zero-order valence-electron chi connectivity index (χ0n) is 21.9. The van der Waals surface area contributed by atoms with Gasteiger partial charge in [-0.25, -0.2) is 0 Å². The van der Waals surface area contributed by atoms with Gasteiger partial charge in [0.05, 0.1) is 10.9 Å². The third-order valence-electron chi connectivity index (χ3n) is 5.25. The van der Waals surface area contributed by atoms with E-state index in [2.05, 4.69) is 0 Å². The molecule has 3 aromatic carbocycles. The molecule has 0 saturated heterocycles. The average Bonchev–Trinajstić information content (AvgIpc) is 3.19. The van der Waals surface area contributed by atoms with Gasteiger partial charge in [-0.05, 0) is 23.8 Å². The van der Waals surface area contributed by atoms with E-state index in [0.717, 1.165) is 34.6 Å². The Morgan fingerprint density at radius 2 is 1.10 bits per heavy atom. The minimum Gasteiger partial charge on any atom is -0.508 e. The summed E-state index contributed by atoms with van der Waals surface area (Å²) in [4.78, 5) is 60.2. The number of fused-ring (bicyclic) bond motifs is 3. The molecule has 0 unspecified atom stereocenters. The van der Waals surface area contributed by atoms with E-state index in [4.69, 9.17) is 28.1 Å². The molecule has 12 heteroatoms. The summed E-state index contributed by atoms with van der Waals surface area (Å²) in [5, 5.41) is 10.0. The molecule has 1 aromatic heterocycles. The molecule has 0 spiro atoms. The molecular formula is C28H22O12. The zero-order valence-corrected chi connectivity index (χ0v) is 21.9. The van der Waals surface area contributed by atoms with E-state index in [0.29, 0.717) is 5.56 Å². The van der Waals surface area contributed by atoms with Crippen molar-refractivity contribution in [3.05, 3.63) is 36.4 Å². The van der Waals surface area contributed by atoms with Crippen LogP contribution in [-0.2, 0) is 24.0 Å². The molecule has 4 rings (SSSR count). The van der Waals surface area contributed by atoms with Gasteiger partial charge < -0.3 is 33.2 Å². The number of ether oxygens (including phenoxy) is 5. The lowest BCUT2D eigenvalue weighted by molar-refractivity contribution is -0.134. The van der Waals surface area contributed by atoms with Crippen molar-refractivity contribution in [2.24, 2.45) is 0 Å². The molecule has 206 valence electrons. The molecule has 0 aliphatic heterocycles. The number of phenols is 1. The summed E-state index contributed by atoms with van der Waals surface area (Å²) in [6, 6.07) is 8.15. The molecule has 1 N–H and O–H groups in total. The number of aromatic hydroxyl groups is 1. The molecule has 12 nitrogen and oxygen atoms in total. The number of benzene rings is 3. The van der Waals surface area contributed by atoms with Crippen LogP contribution in [0, 0.1) is 0 Å². The van der Waals surface area contributed by atoms with Crippen molar-refractivity contribution < 1.29 is 57.2 Å². The number of furan rings is 1. The Hall–Kier alpha value is -5.39. The predicted molar refractivity (Wildman–Crippen MR) is 137 cm³/mol. The fraction of sp³-hybridized carbons (Fsp3) is 0.179. The summed E-state index contributed by atoms with van der Waals surface area (Å²) in [5.74, 6) is -4.97. The summed E-state index contributed by atoms with van der Waals surface area (Å²) < 4.78 is 33.0. The van der Waals surface area contributed by atoms with Crippen molar-refractivity contribution in [3.63, 3.8) is 0 Å². The highest BCUT2D eigenvalue weighted by molar-refractivity contribution is 6.16. The summed E-state index contributed by atoms with van der Waals surface area (Å²) in [5.41, 5.74) is 0.214. The number of carbonyl (C=O) groups is 5. The van der Waals surface area contributed by atoms with E-state index in [-0.39, 0.29) is 62.0 Å². The highest BCUT2D eigenvalue weighted by atomic mass is 16.6. The monoisotopic (exact) mass is 550 g/mol. The van der Waals surface area contributed by atoms with Gasteiger partial charge in [0.2, 0.25) is 0 Å². The Kier molecular flexibility index (Phi) is 7.44. The van der Waals surface area contributed by atoms with E-state index in [1.54, 1.807) is 0 Å². The van der Waals surface area contributed by atoms with Crippen LogP contribution in [-0.4, -0.2) is 35.0 Å². The number of esters is 5. The highest BCUT2D eigenvalue weighted by Crippen LogP contribution is 2.55. The SMILES string of the molecule is CC(=O)Oc1cc2oc3c(OC(C)=O)c(-c4ccc(O)cc4)c(OC(C)=O)c(OC(C)=O)c3c2cc1OC(C)=O. The fourth-order valence-electron chi connectivity index (χ4n) is 4.02. The van der Waals surface area contributed by atoms with Crippen molar-refractivity contribution in [3.8, 4) is 45.6 Å². The summed E-state index contributed by atoms with van der Waals surface area (Å²) >= 11 is 0. The number of rotatable bonds is 6. The highest BCUT2D eigenvalue weighted by Gasteiger charge is 2.32.